The van der Waals surface area contributed by atoms with Crippen LogP contribution in [0.25, 0.3) is 44.4 Å². The summed E-state index contributed by atoms with van der Waals surface area (Å²) in [6, 6.07) is 18.7. The van der Waals surface area contributed by atoms with Crippen LogP contribution in [0.5, 0.6) is 0 Å². The summed E-state index contributed by atoms with van der Waals surface area (Å²) >= 11 is 0. The molecule has 2 aliphatic heterocycles. The summed E-state index contributed by atoms with van der Waals surface area (Å²) in [4.78, 5) is 72.5. The zero-order valence-electron chi connectivity index (χ0n) is 38.0. The third-order valence-corrected chi connectivity index (χ3v) is 13.2. The lowest BCUT2D eigenvalue weighted by molar-refractivity contribution is -0.136. The number of aromatic nitrogens is 4. The van der Waals surface area contributed by atoms with Gasteiger partial charge in [0.05, 0.1) is 57.4 Å². The largest absolute Gasteiger partial charge is 0.505 e. The van der Waals surface area contributed by atoms with E-state index in [1.54, 1.807) is 24.5 Å². The number of alkyl carbamates (subject to hydrolysis) is 2. The number of amides is 4. The Kier molecular flexibility index (Phi) is 12.6. The summed E-state index contributed by atoms with van der Waals surface area (Å²) < 4.78 is 14.8. The number of methoxy groups -OCH3 is 3. The number of carbonyl (C=O) groups excluding carboxylic acids is 4. The van der Waals surface area contributed by atoms with Crippen LogP contribution in [0.1, 0.15) is 70.7 Å². The van der Waals surface area contributed by atoms with Gasteiger partial charge in [-0.1, -0.05) is 82.8 Å². The Bertz CT molecular complexity index is 2630. The fourth-order valence-corrected chi connectivity index (χ4v) is 9.27. The molecule has 2 aromatic heterocycles. The molecule has 4 amide bonds. The van der Waals surface area contributed by atoms with E-state index in [0.29, 0.717) is 18.9 Å². The Morgan fingerprint density at radius 1 is 0.738 bits per heavy atom. The van der Waals surface area contributed by atoms with Crippen LogP contribution in [0.3, 0.4) is 0 Å². The normalized spacial score (nSPS) is 19.9. The summed E-state index contributed by atoms with van der Waals surface area (Å²) in [6.07, 6.45) is 8.77. The van der Waals surface area contributed by atoms with Gasteiger partial charge in [0, 0.05) is 24.6 Å². The van der Waals surface area contributed by atoms with Gasteiger partial charge in [0.15, 0.2) is 0 Å². The number of ether oxygens (including phenoxy) is 3. The van der Waals surface area contributed by atoms with Crippen LogP contribution in [-0.4, -0.2) is 100 Å². The van der Waals surface area contributed by atoms with Gasteiger partial charge in [-0.05, 0) is 87.8 Å². The number of fused-ring (bicyclic) bond motifs is 1. The number of rotatable bonds is 13. The minimum absolute atomic E-state index is 0.109. The van der Waals surface area contributed by atoms with Crippen LogP contribution in [0.15, 0.2) is 97.5 Å². The summed E-state index contributed by atoms with van der Waals surface area (Å²) in [7, 11) is 4.14. The zero-order valence-corrected chi connectivity index (χ0v) is 38.0. The predicted octanol–water partition coefficient (Wildman–Crippen LogP) is 8.32. The van der Waals surface area contributed by atoms with Crippen molar-refractivity contribution in [1.82, 2.24) is 40.4 Å². The molecule has 3 fully saturated rings. The highest BCUT2D eigenvalue weighted by molar-refractivity contribution is 5.91. The monoisotopic (exact) mass is 882 g/mol. The highest BCUT2D eigenvalue weighted by Crippen LogP contribution is 2.58. The van der Waals surface area contributed by atoms with Crippen LogP contribution >= 0.6 is 0 Å². The summed E-state index contributed by atoms with van der Waals surface area (Å²) in [5, 5.41) is 7.62. The number of imidazole rings is 2. The van der Waals surface area contributed by atoms with E-state index in [9.17, 15) is 19.2 Å². The van der Waals surface area contributed by atoms with E-state index < -0.39 is 30.3 Å². The fourth-order valence-electron chi connectivity index (χ4n) is 9.27. The van der Waals surface area contributed by atoms with Crippen molar-refractivity contribution in [1.29, 1.82) is 0 Å². The van der Waals surface area contributed by atoms with E-state index in [4.69, 9.17) is 24.2 Å². The second-order valence-corrected chi connectivity index (χ2v) is 18.3. The minimum Gasteiger partial charge on any atom is -0.505 e. The van der Waals surface area contributed by atoms with Gasteiger partial charge in [-0.2, -0.15) is 0 Å². The number of hydrogen-bond donors (Lipinski definition) is 4. The maximum Gasteiger partial charge on any atom is 0.407 e. The summed E-state index contributed by atoms with van der Waals surface area (Å²) in [5.41, 5.74) is 6.59. The number of hydrogen-bond acceptors (Lipinski definition) is 9. The lowest BCUT2D eigenvalue weighted by Gasteiger charge is -2.30. The highest BCUT2D eigenvalue weighted by Gasteiger charge is 2.55. The molecule has 1 aliphatic carbocycles. The SMILES string of the molecule is C=C1[C@H](/C=C/OC)CN(C(=O)[C@@H](NC(=O)OC)C(C)C)[C@@H]1c1ncc(-c2ccc(-c3ccc4cc(-c5cnc([C@@H]6CC7(CC7)CN6C(=O)[C@@H](NC(=O)OC)C(C)C)[nH]5)ccc4c3)cc2)[nH]1. The summed E-state index contributed by atoms with van der Waals surface area (Å²) in [5.74, 6) is 0.459. The third kappa shape index (κ3) is 9.09. The van der Waals surface area contributed by atoms with E-state index in [-0.39, 0.29) is 41.0 Å². The third-order valence-electron chi connectivity index (χ3n) is 13.2. The van der Waals surface area contributed by atoms with Crippen molar-refractivity contribution in [3.05, 3.63) is 109 Å². The maximum atomic E-state index is 14.0. The molecule has 3 aliphatic rings. The first-order chi connectivity index (χ1) is 31.2. The molecular weight excluding hydrogens is 825 g/mol. The Balaban J connectivity index is 0.978. The van der Waals surface area contributed by atoms with Crippen molar-refractivity contribution < 1.29 is 33.4 Å². The first kappa shape index (κ1) is 44.7. The number of aromatic amines is 2. The maximum absolute atomic E-state index is 14.0. The predicted molar refractivity (Wildman–Crippen MR) is 247 cm³/mol. The van der Waals surface area contributed by atoms with Gasteiger partial charge < -0.3 is 44.6 Å². The van der Waals surface area contributed by atoms with Crippen molar-refractivity contribution in [3.63, 3.8) is 0 Å². The van der Waals surface area contributed by atoms with Crippen molar-refractivity contribution in [3.8, 4) is 33.6 Å². The van der Waals surface area contributed by atoms with Gasteiger partial charge in [-0.25, -0.2) is 19.6 Å². The molecule has 4 heterocycles. The molecule has 3 aromatic carbocycles. The second-order valence-electron chi connectivity index (χ2n) is 18.3. The molecule has 8 rings (SSSR count). The van der Waals surface area contributed by atoms with Gasteiger partial charge in [-0.15, -0.1) is 0 Å². The molecule has 0 unspecified atom stereocenters. The molecule has 5 aromatic rings. The minimum atomic E-state index is -0.807. The van der Waals surface area contributed by atoms with E-state index >= 15 is 0 Å². The standard InChI is InChI=1S/C50H58N8O7/c1-28(2)41(55-48(61)64-7)46(59)57-26-37(17-20-63-6)30(5)43(57)45-52-24-38(54-45)32-11-9-31(10-12-32)33-13-14-35-22-36(16-15-34(35)21-33)39-25-51-44(53-39)40-23-50(18-19-50)27-58(40)47(60)42(29(3)4)56-49(62)65-8/h9-17,20-22,24-25,28-29,37,40-43H,5,18-19,23,26-27H2,1-4,6-8H3,(H,51,53)(H,52,54)(H,55,61)(H,56,62)/b20-17+/t37-,40+,41+,42+,43+/m1/s1. The van der Waals surface area contributed by atoms with E-state index in [2.05, 4.69) is 75.7 Å². The molecule has 15 heteroatoms. The van der Waals surface area contributed by atoms with Crippen molar-refractivity contribution >= 4 is 34.8 Å². The fraction of sp³-hybridized carbons (Fsp3) is 0.400. The van der Waals surface area contributed by atoms with Crippen LogP contribution < -0.4 is 10.6 Å². The topological polar surface area (TPSA) is 184 Å². The smallest absolute Gasteiger partial charge is 0.407 e. The van der Waals surface area contributed by atoms with Crippen molar-refractivity contribution in [2.45, 2.75) is 71.1 Å². The molecular formula is C50H58N8O7. The van der Waals surface area contributed by atoms with Gasteiger partial charge in [0.1, 0.15) is 29.8 Å². The molecule has 2 saturated heterocycles. The van der Waals surface area contributed by atoms with Gasteiger partial charge in [0.25, 0.3) is 0 Å². The number of nitrogens with zero attached hydrogens (tertiary/aromatic N) is 4. The average molecular weight is 883 g/mol. The quantitative estimate of drug-likeness (QED) is 0.0667. The molecule has 0 bridgehead atoms. The lowest BCUT2D eigenvalue weighted by Crippen LogP contribution is -2.51. The molecule has 1 spiro atoms. The number of H-pyrrole nitrogens is 2. The van der Waals surface area contributed by atoms with Crippen LogP contribution in [0.2, 0.25) is 0 Å². The molecule has 15 nitrogen and oxygen atoms in total. The molecule has 1 saturated carbocycles. The Labute approximate surface area is 379 Å². The zero-order chi connectivity index (χ0) is 46.2. The van der Waals surface area contributed by atoms with Gasteiger partial charge in [-0.3, -0.25) is 9.59 Å². The number of nitrogens with one attached hydrogen (secondary N) is 4. The lowest BCUT2D eigenvalue weighted by atomic mass is 9.98. The number of likely N-dealkylation sites (tertiary alicyclic amines) is 2. The van der Waals surface area contributed by atoms with E-state index in [1.807, 2.05) is 57.0 Å². The molecule has 0 radical (unpaired) electrons. The number of carbonyl (C=O) groups is 4. The Morgan fingerprint density at radius 2 is 1.26 bits per heavy atom. The Hall–Kier alpha value is -6.90. The molecule has 65 heavy (non-hydrogen) atoms. The first-order valence-corrected chi connectivity index (χ1v) is 22.2. The highest BCUT2D eigenvalue weighted by atomic mass is 16.5. The Morgan fingerprint density at radius 3 is 1.85 bits per heavy atom. The van der Waals surface area contributed by atoms with Gasteiger partial charge >= 0.3 is 12.2 Å². The van der Waals surface area contributed by atoms with Crippen LogP contribution in [0, 0.1) is 23.2 Å². The van der Waals surface area contributed by atoms with E-state index in [1.165, 1.54) is 14.2 Å². The van der Waals surface area contributed by atoms with Crippen LogP contribution in [-0.2, 0) is 23.8 Å². The van der Waals surface area contributed by atoms with Crippen molar-refractivity contribution in [2.75, 3.05) is 34.4 Å². The van der Waals surface area contributed by atoms with Crippen molar-refractivity contribution in [2.24, 2.45) is 23.2 Å². The van der Waals surface area contributed by atoms with Gasteiger partial charge in [0.2, 0.25) is 11.8 Å². The number of benzene rings is 3. The molecule has 5 atom stereocenters. The van der Waals surface area contributed by atoms with E-state index in [0.717, 1.165) is 75.1 Å². The van der Waals surface area contributed by atoms with Crippen LogP contribution in [0.4, 0.5) is 9.59 Å². The average Bonchev–Trinajstić information content (AvgIpc) is 3.73. The summed E-state index contributed by atoms with van der Waals surface area (Å²) in [6.45, 7) is 13.0. The first-order valence-electron chi connectivity index (χ1n) is 22.2. The molecule has 340 valence electrons. The molecule has 4 N–H and O–H groups in total. The second kappa shape index (κ2) is 18.3.